The van der Waals surface area contributed by atoms with E-state index in [1.807, 2.05) is 12.3 Å². The number of carbonyl (C=O) groups excluding carboxylic acids is 1. The molecule has 5 N–H and O–H groups in total. The number of aromatic amines is 1. The van der Waals surface area contributed by atoms with Gasteiger partial charge in [0.25, 0.3) is 5.91 Å². The number of likely N-dealkylation sites (tertiary alicyclic amines) is 1. The summed E-state index contributed by atoms with van der Waals surface area (Å²) in [6.45, 7) is 3.08. The number of H-pyrrole nitrogens is 1. The summed E-state index contributed by atoms with van der Waals surface area (Å²) in [6, 6.07) is 10.2. The van der Waals surface area contributed by atoms with Gasteiger partial charge in [0, 0.05) is 48.0 Å². The summed E-state index contributed by atoms with van der Waals surface area (Å²) in [5.41, 5.74) is 9.48. The highest BCUT2D eigenvalue weighted by atomic mass is 16.2. The molecule has 0 unspecified atom stereocenters. The lowest BCUT2D eigenvalue weighted by molar-refractivity contribution is -0.110. The molecule has 1 saturated heterocycles. The first kappa shape index (κ1) is 20.5. The molecular formula is C23H24N6O2. The molecule has 0 aliphatic carbocycles. The van der Waals surface area contributed by atoms with E-state index in [-0.39, 0.29) is 11.3 Å². The van der Waals surface area contributed by atoms with Crippen LogP contribution >= 0.6 is 0 Å². The zero-order chi connectivity index (χ0) is 21.8. The van der Waals surface area contributed by atoms with Crippen molar-refractivity contribution in [3.05, 3.63) is 76.5 Å². The van der Waals surface area contributed by atoms with E-state index in [0.29, 0.717) is 16.9 Å². The fourth-order valence-electron chi connectivity index (χ4n) is 3.69. The second-order valence-electron chi connectivity index (χ2n) is 7.64. The minimum Gasteiger partial charge on any atom is -0.398 e. The van der Waals surface area contributed by atoms with Gasteiger partial charge in [0.15, 0.2) is 0 Å². The molecular weight excluding hydrogens is 392 g/mol. The van der Waals surface area contributed by atoms with Gasteiger partial charge in [-0.3, -0.25) is 24.9 Å². The third kappa shape index (κ3) is 4.87. The second kappa shape index (κ2) is 8.93. The van der Waals surface area contributed by atoms with E-state index in [0.717, 1.165) is 36.3 Å². The van der Waals surface area contributed by atoms with Crippen molar-refractivity contribution in [1.82, 2.24) is 14.9 Å². The van der Waals surface area contributed by atoms with Crippen molar-refractivity contribution in [2.45, 2.75) is 19.4 Å². The highest BCUT2D eigenvalue weighted by Crippen LogP contribution is 2.25. The molecule has 158 valence electrons. The van der Waals surface area contributed by atoms with Gasteiger partial charge in [-0.2, -0.15) is 0 Å². The Morgan fingerprint density at radius 1 is 1.13 bits per heavy atom. The summed E-state index contributed by atoms with van der Waals surface area (Å²) in [4.78, 5) is 33.0. The van der Waals surface area contributed by atoms with Crippen LogP contribution in [-0.2, 0) is 11.3 Å². The molecule has 0 saturated carbocycles. The summed E-state index contributed by atoms with van der Waals surface area (Å²) < 4.78 is 0. The lowest BCUT2D eigenvalue weighted by Crippen LogP contribution is -2.24. The maximum absolute atomic E-state index is 12.5. The predicted octanol–water partition coefficient (Wildman–Crippen LogP) is 2.62. The Balaban J connectivity index is 1.55. The molecule has 1 aromatic carbocycles. The Kier molecular flexibility index (Phi) is 5.90. The van der Waals surface area contributed by atoms with Gasteiger partial charge in [-0.25, -0.2) is 0 Å². The van der Waals surface area contributed by atoms with Crippen molar-refractivity contribution in [1.29, 1.82) is 5.41 Å². The largest absolute Gasteiger partial charge is 0.398 e. The lowest BCUT2D eigenvalue weighted by Gasteiger charge is -2.15. The molecule has 0 spiro atoms. The van der Waals surface area contributed by atoms with Crippen molar-refractivity contribution in [2.75, 3.05) is 24.1 Å². The van der Waals surface area contributed by atoms with Crippen LogP contribution in [0.3, 0.4) is 0 Å². The monoisotopic (exact) mass is 416 g/mol. The maximum atomic E-state index is 12.5. The Morgan fingerprint density at radius 3 is 2.68 bits per heavy atom. The normalized spacial score (nSPS) is 13.8. The van der Waals surface area contributed by atoms with Crippen molar-refractivity contribution in [3.8, 4) is 11.1 Å². The maximum Gasteiger partial charge on any atom is 0.274 e. The molecule has 3 aromatic rings. The standard InChI is InChI=1S/C23H24N6O2/c24-20-5-3-16(17-9-15(11-26-12-17)14-29-7-1-2-8-29)10-19(20)22(25)23(31)28-18-4-6-21(30)27-13-18/h3-6,9-13,25H,1-2,7-8,14,24H2,(H,27,30)(H,28,31). The number of anilines is 2. The number of nitrogen functional groups attached to an aromatic ring is 1. The topological polar surface area (TPSA) is 128 Å². The first-order valence-electron chi connectivity index (χ1n) is 10.1. The number of benzene rings is 1. The molecule has 0 radical (unpaired) electrons. The van der Waals surface area contributed by atoms with Crippen LogP contribution in [0, 0.1) is 5.41 Å². The minimum absolute atomic E-state index is 0.258. The van der Waals surface area contributed by atoms with E-state index in [1.165, 1.54) is 31.2 Å². The van der Waals surface area contributed by atoms with Gasteiger partial charge in [-0.05, 0) is 61.3 Å². The van der Waals surface area contributed by atoms with Gasteiger partial charge in [-0.15, -0.1) is 0 Å². The number of rotatable bonds is 6. The van der Waals surface area contributed by atoms with Gasteiger partial charge in [0.05, 0.1) is 5.69 Å². The van der Waals surface area contributed by atoms with Crippen LogP contribution in [-0.4, -0.2) is 39.6 Å². The van der Waals surface area contributed by atoms with Crippen LogP contribution in [0.1, 0.15) is 24.0 Å². The molecule has 1 aliphatic heterocycles. The molecule has 1 fully saturated rings. The summed E-state index contributed by atoms with van der Waals surface area (Å²) in [5, 5.41) is 10.9. The quantitative estimate of drug-likeness (QED) is 0.363. The van der Waals surface area contributed by atoms with Crippen LogP contribution in [0.2, 0.25) is 0 Å². The van der Waals surface area contributed by atoms with Gasteiger partial charge >= 0.3 is 0 Å². The van der Waals surface area contributed by atoms with Crippen LogP contribution in [0.4, 0.5) is 11.4 Å². The first-order valence-corrected chi connectivity index (χ1v) is 10.1. The summed E-state index contributed by atoms with van der Waals surface area (Å²) >= 11 is 0. The summed E-state index contributed by atoms with van der Waals surface area (Å²) in [6.07, 6.45) is 7.49. The van der Waals surface area contributed by atoms with Crippen LogP contribution in [0.25, 0.3) is 11.1 Å². The summed E-state index contributed by atoms with van der Waals surface area (Å²) in [7, 11) is 0. The number of hydrogen-bond acceptors (Lipinski definition) is 6. The van der Waals surface area contributed by atoms with Gasteiger partial charge in [0.1, 0.15) is 5.71 Å². The number of nitrogens with zero attached hydrogens (tertiary/aromatic N) is 2. The van der Waals surface area contributed by atoms with Gasteiger partial charge in [0.2, 0.25) is 5.56 Å². The molecule has 2 aromatic heterocycles. The number of carbonyl (C=O) groups is 1. The zero-order valence-corrected chi connectivity index (χ0v) is 17.0. The molecule has 4 rings (SSSR count). The number of amides is 1. The Hall–Kier alpha value is -3.78. The van der Waals surface area contributed by atoms with E-state index in [2.05, 4.69) is 26.3 Å². The van der Waals surface area contributed by atoms with E-state index in [1.54, 1.807) is 18.3 Å². The van der Waals surface area contributed by atoms with Crippen LogP contribution < -0.4 is 16.6 Å². The highest BCUT2D eigenvalue weighted by Gasteiger charge is 2.17. The predicted molar refractivity (Wildman–Crippen MR) is 121 cm³/mol. The lowest BCUT2D eigenvalue weighted by atomic mass is 9.99. The van der Waals surface area contributed by atoms with E-state index < -0.39 is 5.91 Å². The molecule has 1 aliphatic rings. The third-order valence-electron chi connectivity index (χ3n) is 5.32. The Morgan fingerprint density at radius 2 is 1.94 bits per heavy atom. The van der Waals surface area contributed by atoms with Crippen LogP contribution in [0.5, 0.6) is 0 Å². The van der Waals surface area contributed by atoms with Crippen molar-refractivity contribution in [3.63, 3.8) is 0 Å². The Bertz CT molecular complexity index is 1160. The second-order valence-corrected chi connectivity index (χ2v) is 7.64. The molecule has 8 nitrogen and oxygen atoms in total. The van der Waals surface area contributed by atoms with Crippen molar-refractivity contribution < 1.29 is 4.79 Å². The van der Waals surface area contributed by atoms with Crippen LogP contribution in [0.15, 0.2) is 59.8 Å². The molecule has 0 bridgehead atoms. The molecule has 3 heterocycles. The SMILES string of the molecule is N=C(C(=O)Nc1ccc(=O)[nH]c1)c1cc(-c2cncc(CN3CCCC3)c2)ccc1N. The van der Waals surface area contributed by atoms with E-state index in [9.17, 15) is 9.59 Å². The molecule has 8 heteroatoms. The smallest absolute Gasteiger partial charge is 0.274 e. The highest BCUT2D eigenvalue weighted by molar-refractivity contribution is 6.48. The molecule has 0 atom stereocenters. The number of nitrogens with two attached hydrogens (primary N) is 1. The fourth-order valence-corrected chi connectivity index (χ4v) is 3.69. The van der Waals surface area contributed by atoms with E-state index >= 15 is 0 Å². The summed E-state index contributed by atoms with van der Waals surface area (Å²) in [5.74, 6) is -0.614. The third-order valence-corrected chi connectivity index (χ3v) is 5.32. The number of pyridine rings is 2. The first-order chi connectivity index (χ1) is 15.0. The Labute approximate surface area is 179 Å². The van der Waals surface area contributed by atoms with Crippen molar-refractivity contribution in [2.24, 2.45) is 0 Å². The van der Waals surface area contributed by atoms with Gasteiger partial charge in [-0.1, -0.05) is 6.07 Å². The average Bonchev–Trinajstić information content (AvgIpc) is 3.28. The molecule has 1 amide bonds. The number of hydrogen-bond donors (Lipinski definition) is 4. The fraction of sp³-hybridized carbons (Fsp3) is 0.217. The minimum atomic E-state index is -0.614. The number of nitrogens with one attached hydrogen (secondary N) is 3. The van der Waals surface area contributed by atoms with Gasteiger partial charge < -0.3 is 16.0 Å². The average molecular weight is 416 g/mol. The zero-order valence-electron chi connectivity index (χ0n) is 17.0. The van der Waals surface area contributed by atoms with E-state index in [4.69, 9.17) is 11.1 Å². The molecule has 31 heavy (non-hydrogen) atoms. The van der Waals surface area contributed by atoms with Crippen molar-refractivity contribution >= 4 is 23.0 Å². The number of aromatic nitrogens is 2.